The molecule has 0 saturated carbocycles. The van der Waals surface area contributed by atoms with Crippen LogP contribution in [-0.4, -0.2) is 41.3 Å². The third-order valence-corrected chi connectivity index (χ3v) is 2.87. The first-order chi connectivity index (χ1) is 7.65. The standard InChI is InChI=1S/C12H20N2O3/c1-11(2,3)17-10(16)14-6-9(7-14)12(4,5)13-8-15/h9H,6-7H2,1-5H3. The van der Waals surface area contributed by atoms with E-state index in [4.69, 9.17) is 4.74 Å². The monoisotopic (exact) mass is 240 g/mol. The molecule has 5 nitrogen and oxygen atoms in total. The van der Waals surface area contributed by atoms with Gasteiger partial charge in [-0.05, 0) is 34.6 Å². The highest BCUT2D eigenvalue weighted by Crippen LogP contribution is 2.30. The summed E-state index contributed by atoms with van der Waals surface area (Å²) in [6, 6.07) is 0. The Morgan fingerprint density at radius 3 is 2.24 bits per heavy atom. The van der Waals surface area contributed by atoms with Crippen LogP contribution in [0.4, 0.5) is 4.79 Å². The summed E-state index contributed by atoms with van der Waals surface area (Å²) in [7, 11) is 0. The van der Waals surface area contributed by atoms with Crippen molar-refractivity contribution in [2.75, 3.05) is 13.1 Å². The smallest absolute Gasteiger partial charge is 0.410 e. The Labute approximate surface area is 102 Å². The molecule has 0 spiro atoms. The normalized spacial score (nSPS) is 17.1. The van der Waals surface area contributed by atoms with E-state index in [1.54, 1.807) is 11.0 Å². The zero-order valence-electron chi connectivity index (χ0n) is 11.1. The number of isocyanates is 1. The average molecular weight is 240 g/mol. The Balaban J connectivity index is 2.47. The van der Waals surface area contributed by atoms with Gasteiger partial charge in [0, 0.05) is 19.0 Å². The Morgan fingerprint density at radius 1 is 1.29 bits per heavy atom. The van der Waals surface area contributed by atoms with Crippen molar-refractivity contribution in [3.05, 3.63) is 0 Å². The van der Waals surface area contributed by atoms with Crippen LogP contribution in [0.3, 0.4) is 0 Å². The SMILES string of the molecule is CC(C)(C)OC(=O)N1CC(C(C)(C)N=C=O)C1. The van der Waals surface area contributed by atoms with Gasteiger partial charge in [-0.1, -0.05) is 0 Å². The molecule has 0 N–H and O–H groups in total. The van der Waals surface area contributed by atoms with Gasteiger partial charge in [-0.25, -0.2) is 9.59 Å². The lowest BCUT2D eigenvalue weighted by Gasteiger charge is -2.45. The number of carbonyl (C=O) groups excluding carboxylic acids is 2. The van der Waals surface area contributed by atoms with Gasteiger partial charge in [-0.3, -0.25) is 0 Å². The zero-order chi connectivity index (χ0) is 13.3. The minimum absolute atomic E-state index is 0.191. The van der Waals surface area contributed by atoms with Crippen molar-refractivity contribution in [1.82, 2.24) is 4.90 Å². The Hall–Kier alpha value is -1.35. The van der Waals surface area contributed by atoms with Crippen LogP contribution < -0.4 is 0 Å². The number of nitrogens with zero attached hydrogens (tertiary/aromatic N) is 2. The molecule has 1 aliphatic heterocycles. The maximum absolute atomic E-state index is 11.7. The van der Waals surface area contributed by atoms with Gasteiger partial charge in [0.1, 0.15) is 5.60 Å². The summed E-state index contributed by atoms with van der Waals surface area (Å²) in [5, 5.41) is 0. The molecule has 1 amide bonds. The van der Waals surface area contributed by atoms with Gasteiger partial charge < -0.3 is 9.64 Å². The van der Waals surface area contributed by atoms with Crippen LogP contribution in [0, 0.1) is 5.92 Å². The van der Waals surface area contributed by atoms with E-state index in [0.29, 0.717) is 13.1 Å². The van der Waals surface area contributed by atoms with Crippen molar-refractivity contribution in [3.8, 4) is 0 Å². The molecule has 5 heteroatoms. The van der Waals surface area contributed by atoms with Crippen molar-refractivity contribution in [2.24, 2.45) is 10.9 Å². The number of likely N-dealkylation sites (tertiary alicyclic amines) is 1. The van der Waals surface area contributed by atoms with E-state index >= 15 is 0 Å². The molecule has 0 aromatic carbocycles. The van der Waals surface area contributed by atoms with Crippen LogP contribution in [0.15, 0.2) is 4.99 Å². The molecule has 1 heterocycles. The van der Waals surface area contributed by atoms with Gasteiger partial charge in [-0.15, -0.1) is 0 Å². The molecule has 1 saturated heterocycles. The van der Waals surface area contributed by atoms with E-state index < -0.39 is 11.1 Å². The predicted molar refractivity (Wildman–Crippen MR) is 63.5 cm³/mol. The third kappa shape index (κ3) is 3.56. The second-order valence-corrected chi connectivity index (χ2v) is 5.94. The second kappa shape index (κ2) is 4.49. The van der Waals surface area contributed by atoms with Crippen molar-refractivity contribution in [2.45, 2.75) is 45.8 Å². The van der Waals surface area contributed by atoms with Crippen LogP contribution in [0.5, 0.6) is 0 Å². The minimum atomic E-state index is -0.474. The molecule has 0 aromatic heterocycles. The van der Waals surface area contributed by atoms with Crippen molar-refractivity contribution >= 4 is 12.2 Å². The molecule has 0 unspecified atom stereocenters. The largest absolute Gasteiger partial charge is 0.444 e. The van der Waals surface area contributed by atoms with Gasteiger partial charge in [-0.2, -0.15) is 4.99 Å². The number of rotatable bonds is 2. The maximum atomic E-state index is 11.7. The summed E-state index contributed by atoms with van der Waals surface area (Å²) >= 11 is 0. The molecule has 0 bridgehead atoms. The Morgan fingerprint density at radius 2 is 1.82 bits per heavy atom. The van der Waals surface area contributed by atoms with Crippen molar-refractivity contribution in [1.29, 1.82) is 0 Å². The van der Waals surface area contributed by atoms with E-state index in [9.17, 15) is 9.59 Å². The highest BCUT2D eigenvalue weighted by molar-refractivity contribution is 5.69. The molecule has 0 radical (unpaired) electrons. The molecule has 1 aliphatic rings. The molecule has 0 aromatic rings. The Bertz CT molecular complexity index is 345. The molecule has 1 fully saturated rings. The fourth-order valence-electron chi connectivity index (χ4n) is 1.61. The van der Waals surface area contributed by atoms with Gasteiger partial charge >= 0.3 is 6.09 Å². The van der Waals surface area contributed by atoms with Crippen LogP contribution >= 0.6 is 0 Å². The summed E-state index contributed by atoms with van der Waals surface area (Å²) in [6.07, 6.45) is 1.27. The fraction of sp³-hybridized carbons (Fsp3) is 0.833. The number of ether oxygens (including phenoxy) is 1. The molecule has 0 aliphatic carbocycles. The van der Waals surface area contributed by atoms with Crippen molar-refractivity contribution in [3.63, 3.8) is 0 Å². The predicted octanol–water partition coefficient (Wildman–Crippen LogP) is 1.97. The van der Waals surface area contributed by atoms with Crippen molar-refractivity contribution < 1.29 is 14.3 Å². The molecule has 1 rings (SSSR count). The molecule has 0 atom stereocenters. The van der Waals surface area contributed by atoms with Gasteiger partial charge in [0.15, 0.2) is 0 Å². The minimum Gasteiger partial charge on any atom is -0.444 e. The lowest BCUT2D eigenvalue weighted by Crippen LogP contribution is -2.57. The average Bonchev–Trinajstić information content (AvgIpc) is 1.94. The van der Waals surface area contributed by atoms with E-state index in [1.165, 1.54) is 0 Å². The maximum Gasteiger partial charge on any atom is 0.410 e. The first kappa shape index (κ1) is 13.7. The van der Waals surface area contributed by atoms with Crippen LogP contribution in [0.2, 0.25) is 0 Å². The van der Waals surface area contributed by atoms with E-state index in [2.05, 4.69) is 4.99 Å². The molecule has 96 valence electrons. The molecule has 17 heavy (non-hydrogen) atoms. The number of hydrogen-bond donors (Lipinski definition) is 0. The number of carbonyl (C=O) groups is 1. The van der Waals surface area contributed by atoms with Gasteiger partial charge in [0.25, 0.3) is 0 Å². The highest BCUT2D eigenvalue weighted by Gasteiger charge is 2.42. The first-order valence-corrected chi connectivity index (χ1v) is 5.72. The van der Waals surface area contributed by atoms with E-state index in [-0.39, 0.29) is 12.0 Å². The quantitative estimate of drug-likeness (QED) is 0.547. The molecular weight excluding hydrogens is 220 g/mol. The Kier molecular flexibility index (Phi) is 3.62. The van der Waals surface area contributed by atoms with Crippen LogP contribution in [0.25, 0.3) is 0 Å². The first-order valence-electron chi connectivity index (χ1n) is 5.72. The topological polar surface area (TPSA) is 59.0 Å². The lowest BCUT2D eigenvalue weighted by atomic mass is 9.82. The molecular formula is C12H20N2O3. The van der Waals surface area contributed by atoms with E-state index in [1.807, 2.05) is 34.6 Å². The zero-order valence-corrected chi connectivity index (χ0v) is 11.1. The van der Waals surface area contributed by atoms with Gasteiger partial charge in [0.05, 0.1) is 5.54 Å². The van der Waals surface area contributed by atoms with Crippen LogP contribution in [0.1, 0.15) is 34.6 Å². The number of aliphatic imine (C=N–C) groups is 1. The number of amides is 1. The van der Waals surface area contributed by atoms with Gasteiger partial charge in [0.2, 0.25) is 6.08 Å². The summed E-state index contributed by atoms with van der Waals surface area (Å²) < 4.78 is 5.24. The highest BCUT2D eigenvalue weighted by atomic mass is 16.6. The number of hydrogen-bond acceptors (Lipinski definition) is 4. The summed E-state index contributed by atoms with van der Waals surface area (Å²) in [5.74, 6) is 0.191. The third-order valence-electron chi connectivity index (χ3n) is 2.87. The lowest BCUT2D eigenvalue weighted by molar-refractivity contribution is -0.0109. The van der Waals surface area contributed by atoms with E-state index in [0.717, 1.165) is 0 Å². The summed E-state index contributed by atoms with van der Waals surface area (Å²) in [6.45, 7) is 10.4. The van der Waals surface area contributed by atoms with Crippen LogP contribution in [-0.2, 0) is 9.53 Å². The summed E-state index contributed by atoms with van der Waals surface area (Å²) in [4.78, 5) is 27.3. The second-order valence-electron chi connectivity index (χ2n) is 5.94. The fourth-order valence-corrected chi connectivity index (χ4v) is 1.61. The summed E-state index contributed by atoms with van der Waals surface area (Å²) in [5.41, 5.74) is -0.932.